The van der Waals surface area contributed by atoms with Crippen LogP contribution in [0.2, 0.25) is 0 Å². The van der Waals surface area contributed by atoms with Gasteiger partial charge in [-0.3, -0.25) is 0 Å². The molecule has 1 aliphatic heterocycles. The van der Waals surface area contributed by atoms with Crippen molar-refractivity contribution >= 4 is 28.9 Å². The number of benzene rings is 1. The Morgan fingerprint density at radius 3 is 2.62 bits per heavy atom. The molecule has 3 rings (SSSR count). The number of methoxy groups -OCH3 is 1. The molecule has 0 unspecified atom stereocenters. The van der Waals surface area contributed by atoms with Gasteiger partial charge in [-0.2, -0.15) is 0 Å². The van der Waals surface area contributed by atoms with Crippen LogP contribution >= 0.6 is 0 Å². The summed E-state index contributed by atoms with van der Waals surface area (Å²) in [5.41, 5.74) is 1.45. The Kier molecular flexibility index (Phi) is 6.18. The Morgan fingerprint density at radius 2 is 1.90 bits per heavy atom. The number of hydrogen-bond donors (Lipinski definition) is 2. The third-order valence-electron chi connectivity index (χ3n) is 4.39. The molecule has 0 saturated heterocycles. The number of carbonyl (C=O) groups is 3. The van der Waals surface area contributed by atoms with Crippen molar-refractivity contribution in [1.82, 2.24) is 10.6 Å². The number of para-hydroxylation sites is 1. The average Bonchev–Trinajstić information content (AvgIpc) is 3.05. The second-order valence-electron chi connectivity index (χ2n) is 6.35. The molecule has 1 atom stereocenters. The molecule has 1 aromatic carbocycles. The highest BCUT2D eigenvalue weighted by molar-refractivity contribution is 5.97. The normalized spacial score (nSPS) is 16.4. The second kappa shape index (κ2) is 8.78. The number of carbonyl (C=O) groups excluding carboxylic acids is 3. The van der Waals surface area contributed by atoms with E-state index in [1.165, 1.54) is 7.11 Å². The molecule has 2 N–H and O–H groups in total. The van der Waals surface area contributed by atoms with E-state index in [0.29, 0.717) is 11.1 Å². The van der Waals surface area contributed by atoms with E-state index in [9.17, 15) is 14.4 Å². The fraction of sp³-hybridized carbons (Fsp3) is 0.350. The quantitative estimate of drug-likeness (QED) is 0.683. The van der Waals surface area contributed by atoms with Crippen molar-refractivity contribution in [3.8, 4) is 0 Å². The van der Waals surface area contributed by atoms with Crippen LogP contribution in [0.3, 0.4) is 0 Å². The summed E-state index contributed by atoms with van der Waals surface area (Å²) < 4.78 is 21.2. The molecule has 9 nitrogen and oxygen atoms in total. The van der Waals surface area contributed by atoms with E-state index >= 15 is 0 Å². The van der Waals surface area contributed by atoms with E-state index in [2.05, 4.69) is 10.6 Å². The molecule has 1 aliphatic rings. The molecule has 0 radical (unpaired) electrons. The van der Waals surface area contributed by atoms with Crippen LogP contribution in [-0.2, 0) is 25.6 Å². The lowest BCUT2D eigenvalue weighted by molar-refractivity contribution is -0.139. The van der Waals surface area contributed by atoms with Gasteiger partial charge in [-0.05, 0) is 19.9 Å². The summed E-state index contributed by atoms with van der Waals surface area (Å²) in [7, 11) is 1.51. The fourth-order valence-electron chi connectivity index (χ4n) is 3.15. The van der Waals surface area contributed by atoms with Gasteiger partial charge >= 0.3 is 18.0 Å². The van der Waals surface area contributed by atoms with Crippen molar-refractivity contribution in [2.75, 3.05) is 20.3 Å². The van der Waals surface area contributed by atoms with E-state index < -0.39 is 24.0 Å². The number of urea groups is 1. The number of furan rings is 1. The molecule has 2 aromatic rings. The summed E-state index contributed by atoms with van der Waals surface area (Å²) in [4.78, 5) is 36.7. The highest BCUT2D eigenvalue weighted by Crippen LogP contribution is 2.27. The van der Waals surface area contributed by atoms with Gasteiger partial charge in [-0.1, -0.05) is 18.2 Å². The van der Waals surface area contributed by atoms with Gasteiger partial charge in [0.05, 0.1) is 30.5 Å². The number of nitrogens with one attached hydrogen (secondary N) is 2. The lowest BCUT2D eigenvalue weighted by Gasteiger charge is -2.26. The zero-order chi connectivity index (χ0) is 21.0. The van der Waals surface area contributed by atoms with Crippen molar-refractivity contribution < 1.29 is 33.0 Å². The predicted molar refractivity (Wildman–Crippen MR) is 102 cm³/mol. The SMILES string of the molecule is CCOC(=O)C1=C(COC(=O)c2oc3ccccc3c2COC)NC(=O)N[C@H]1C. The number of hydrogen-bond acceptors (Lipinski definition) is 7. The highest BCUT2D eigenvalue weighted by Gasteiger charge is 2.31. The third-order valence-corrected chi connectivity index (χ3v) is 4.39. The maximum Gasteiger partial charge on any atom is 0.375 e. The predicted octanol–water partition coefficient (Wildman–Crippen LogP) is 2.25. The summed E-state index contributed by atoms with van der Waals surface area (Å²) in [6, 6.07) is 6.09. The second-order valence-corrected chi connectivity index (χ2v) is 6.35. The topological polar surface area (TPSA) is 116 Å². The van der Waals surface area contributed by atoms with Crippen molar-refractivity contribution in [1.29, 1.82) is 0 Å². The number of amides is 2. The van der Waals surface area contributed by atoms with Crippen molar-refractivity contribution in [3.05, 3.63) is 46.9 Å². The van der Waals surface area contributed by atoms with Gasteiger partial charge in [-0.25, -0.2) is 14.4 Å². The van der Waals surface area contributed by atoms with Gasteiger partial charge in [0.2, 0.25) is 5.76 Å². The van der Waals surface area contributed by atoms with Crippen LogP contribution in [0, 0.1) is 0 Å². The van der Waals surface area contributed by atoms with Crippen LogP contribution in [-0.4, -0.2) is 44.3 Å². The summed E-state index contributed by atoms with van der Waals surface area (Å²) >= 11 is 0. The highest BCUT2D eigenvalue weighted by atomic mass is 16.5. The summed E-state index contributed by atoms with van der Waals surface area (Å²) in [6.07, 6.45) is 0. The Bertz CT molecular complexity index is 976. The lowest BCUT2D eigenvalue weighted by Crippen LogP contribution is -2.50. The molecule has 1 aromatic heterocycles. The minimum Gasteiger partial charge on any atom is -0.463 e. The van der Waals surface area contributed by atoms with Crippen molar-refractivity contribution in [2.45, 2.75) is 26.5 Å². The first-order chi connectivity index (χ1) is 14.0. The Hall–Kier alpha value is -3.33. The monoisotopic (exact) mass is 402 g/mol. The Balaban J connectivity index is 1.86. The zero-order valence-corrected chi connectivity index (χ0v) is 16.4. The van der Waals surface area contributed by atoms with Crippen LogP contribution in [0.4, 0.5) is 4.79 Å². The number of rotatable bonds is 7. The molecule has 2 heterocycles. The zero-order valence-electron chi connectivity index (χ0n) is 16.4. The molecular formula is C20H22N2O7. The molecule has 0 bridgehead atoms. The molecular weight excluding hydrogens is 380 g/mol. The lowest BCUT2D eigenvalue weighted by atomic mass is 10.0. The number of fused-ring (bicyclic) bond motifs is 1. The summed E-state index contributed by atoms with van der Waals surface area (Å²) in [5, 5.41) is 5.83. The molecule has 29 heavy (non-hydrogen) atoms. The van der Waals surface area contributed by atoms with E-state index in [1.54, 1.807) is 26.0 Å². The fourth-order valence-corrected chi connectivity index (χ4v) is 3.15. The minimum atomic E-state index is -0.732. The third kappa shape index (κ3) is 4.24. The molecule has 154 valence electrons. The smallest absolute Gasteiger partial charge is 0.375 e. The number of ether oxygens (including phenoxy) is 3. The first-order valence-electron chi connectivity index (χ1n) is 9.10. The first-order valence-corrected chi connectivity index (χ1v) is 9.10. The van der Waals surface area contributed by atoms with Gasteiger partial charge in [0.15, 0.2) is 0 Å². The van der Waals surface area contributed by atoms with Gasteiger partial charge in [0.1, 0.15) is 12.2 Å². The van der Waals surface area contributed by atoms with Crippen LogP contribution < -0.4 is 10.6 Å². The van der Waals surface area contributed by atoms with Gasteiger partial charge in [-0.15, -0.1) is 0 Å². The Labute approximate surface area is 167 Å². The van der Waals surface area contributed by atoms with Crippen molar-refractivity contribution in [2.24, 2.45) is 0 Å². The first kappa shape index (κ1) is 20.4. The van der Waals surface area contributed by atoms with E-state index in [1.807, 2.05) is 12.1 Å². The maximum atomic E-state index is 12.7. The van der Waals surface area contributed by atoms with Crippen LogP contribution in [0.1, 0.15) is 30.0 Å². The number of esters is 2. The molecule has 0 saturated carbocycles. The molecule has 0 fully saturated rings. The van der Waals surface area contributed by atoms with E-state index in [0.717, 1.165) is 5.39 Å². The van der Waals surface area contributed by atoms with Crippen molar-refractivity contribution in [3.63, 3.8) is 0 Å². The summed E-state index contributed by atoms with van der Waals surface area (Å²) in [5.74, 6) is -1.31. The molecule has 9 heteroatoms. The molecule has 0 spiro atoms. The standard InChI is InChI=1S/C20H22N2O7/c1-4-27-18(23)16-11(2)21-20(25)22-14(16)10-28-19(24)17-13(9-26-3)12-7-5-6-8-15(12)29-17/h5-8,11H,4,9-10H2,1-3H3,(H2,21,22,25)/t11-/m0/s1. The largest absolute Gasteiger partial charge is 0.463 e. The maximum absolute atomic E-state index is 12.7. The van der Waals surface area contributed by atoms with Crippen LogP contribution in [0.25, 0.3) is 11.0 Å². The van der Waals surface area contributed by atoms with Crippen LogP contribution in [0.5, 0.6) is 0 Å². The summed E-state index contributed by atoms with van der Waals surface area (Å²) in [6.45, 7) is 3.33. The van der Waals surface area contributed by atoms with E-state index in [-0.39, 0.29) is 36.9 Å². The van der Waals surface area contributed by atoms with E-state index in [4.69, 9.17) is 18.6 Å². The van der Waals surface area contributed by atoms with Gasteiger partial charge in [0.25, 0.3) is 0 Å². The van der Waals surface area contributed by atoms with Gasteiger partial charge < -0.3 is 29.3 Å². The average molecular weight is 402 g/mol. The molecule has 0 aliphatic carbocycles. The van der Waals surface area contributed by atoms with Gasteiger partial charge in [0, 0.05) is 18.1 Å². The minimum absolute atomic E-state index is 0.0136. The van der Waals surface area contributed by atoms with Crippen LogP contribution in [0.15, 0.2) is 40.0 Å². The molecule has 2 amide bonds. The Morgan fingerprint density at radius 1 is 1.14 bits per heavy atom.